The molecular formula is C16H25N3. The molecule has 0 radical (unpaired) electrons. The second-order valence-electron chi connectivity index (χ2n) is 5.85. The van der Waals surface area contributed by atoms with E-state index in [1.807, 2.05) is 13.0 Å². The van der Waals surface area contributed by atoms with Crippen molar-refractivity contribution in [3.05, 3.63) is 29.3 Å². The molecule has 1 aliphatic rings. The largest absolute Gasteiger partial charge is 0.384 e. The number of nitrogens with two attached hydrogens (primary N) is 1. The lowest BCUT2D eigenvalue weighted by Gasteiger charge is -2.38. The Morgan fingerprint density at radius 1 is 1.32 bits per heavy atom. The third kappa shape index (κ3) is 2.91. The summed E-state index contributed by atoms with van der Waals surface area (Å²) in [5.74, 6) is 0.907. The van der Waals surface area contributed by atoms with Crippen LogP contribution in [0.15, 0.2) is 18.2 Å². The van der Waals surface area contributed by atoms with Crippen molar-refractivity contribution in [1.29, 1.82) is 5.41 Å². The fraction of sp³-hybridized carbons (Fsp3) is 0.562. The highest BCUT2D eigenvalue weighted by Gasteiger charge is 2.25. The molecule has 1 fully saturated rings. The highest BCUT2D eigenvalue weighted by atomic mass is 15.1. The zero-order chi connectivity index (χ0) is 14.0. The zero-order valence-corrected chi connectivity index (χ0v) is 12.2. The van der Waals surface area contributed by atoms with E-state index in [4.69, 9.17) is 11.1 Å². The van der Waals surface area contributed by atoms with Gasteiger partial charge in [0.2, 0.25) is 0 Å². The average molecular weight is 259 g/mol. The van der Waals surface area contributed by atoms with Crippen molar-refractivity contribution >= 4 is 11.5 Å². The Morgan fingerprint density at radius 2 is 2.00 bits per heavy atom. The predicted molar refractivity (Wildman–Crippen MR) is 82.0 cm³/mol. The number of aryl methyl sites for hydroxylation is 1. The van der Waals surface area contributed by atoms with Crippen molar-refractivity contribution < 1.29 is 0 Å². The molecule has 1 aromatic rings. The molecule has 1 aliphatic carbocycles. The van der Waals surface area contributed by atoms with E-state index >= 15 is 0 Å². The Bertz CT molecular complexity index is 467. The van der Waals surface area contributed by atoms with E-state index in [9.17, 15) is 0 Å². The lowest BCUT2D eigenvalue weighted by Crippen LogP contribution is -2.39. The predicted octanol–water partition coefficient (Wildman–Crippen LogP) is 3.29. The first-order valence-electron chi connectivity index (χ1n) is 7.18. The van der Waals surface area contributed by atoms with Gasteiger partial charge < -0.3 is 10.6 Å². The molecule has 3 N–H and O–H groups in total. The number of nitrogen functional groups attached to an aromatic ring is 1. The summed E-state index contributed by atoms with van der Waals surface area (Å²) in [5, 5.41) is 7.55. The molecule has 19 heavy (non-hydrogen) atoms. The maximum Gasteiger partial charge on any atom is 0.123 e. The molecule has 2 unspecified atom stereocenters. The van der Waals surface area contributed by atoms with Crippen molar-refractivity contribution in [3.63, 3.8) is 0 Å². The van der Waals surface area contributed by atoms with Gasteiger partial charge in [-0.1, -0.05) is 19.8 Å². The number of nitrogens with zero attached hydrogens (tertiary/aromatic N) is 1. The van der Waals surface area contributed by atoms with Gasteiger partial charge in [-0.15, -0.1) is 0 Å². The van der Waals surface area contributed by atoms with Crippen molar-refractivity contribution in [1.82, 2.24) is 0 Å². The van der Waals surface area contributed by atoms with Crippen LogP contribution in [0.2, 0.25) is 0 Å². The summed E-state index contributed by atoms with van der Waals surface area (Å²) in [4.78, 5) is 2.40. The topological polar surface area (TPSA) is 53.1 Å². The number of rotatable bonds is 3. The van der Waals surface area contributed by atoms with Crippen LogP contribution in [0.25, 0.3) is 0 Å². The summed E-state index contributed by atoms with van der Waals surface area (Å²) >= 11 is 0. The van der Waals surface area contributed by atoms with Gasteiger partial charge in [-0.25, -0.2) is 0 Å². The molecule has 2 rings (SSSR count). The van der Waals surface area contributed by atoms with Crippen LogP contribution in [0.1, 0.15) is 43.7 Å². The normalized spacial score (nSPS) is 23.1. The zero-order valence-electron chi connectivity index (χ0n) is 12.2. The van der Waals surface area contributed by atoms with E-state index < -0.39 is 0 Å². The number of nitrogens with one attached hydrogen (secondary N) is 1. The van der Waals surface area contributed by atoms with Crippen LogP contribution < -0.4 is 10.6 Å². The molecule has 0 saturated heterocycles. The van der Waals surface area contributed by atoms with Gasteiger partial charge in [0.05, 0.1) is 0 Å². The Balaban J connectivity index is 2.21. The molecule has 2 atom stereocenters. The van der Waals surface area contributed by atoms with E-state index in [1.54, 1.807) is 0 Å². The smallest absolute Gasteiger partial charge is 0.123 e. The van der Waals surface area contributed by atoms with Crippen LogP contribution in [0.4, 0.5) is 5.69 Å². The monoisotopic (exact) mass is 259 g/mol. The van der Waals surface area contributed by atoms with Crippen LogP contribution in [0.5, 0.6) is 0 Å². The molecule has 0 amide bonds. The van der Waals surface area contributed by atoms with Gasteiger partial charge in [0.25, 0.3) is 0 Å². The summed E-state index contributed by atoms with van der Waals surface area (Å²) in [6.07, 6.45) is 5.32. The molecule has 0 aromatic heterocycles. The maximum absolute atomic E-state index is 7.55. The first kappa shape index (κ1) is 13.9. The highest BCUT2D eigenvalue weighted by molar-refractivity contribution is 5.96. The average Bonchev–Trinajstić information content (AvgIpc) is 2.38. The second-order valence-corrected chi connectivity index (χ2v) is 5.85. The molecule has 0 aliphatic heterocycles. The number of benzene rings is 1. The highest BCUT2D eigenvalue weighted by Crippen LogP contribution is 2.31. The Hall–Kier alpha value is -1.51. The van der Waals surface area contributed by atoms with Crippen LogP contribution in [0.3, 0.4) is 0 Å². The molecule has 1 saturated carbocycles. The van der Waals surface area contributed by atoms with E-state index in [0.717, 1.165) is 17.0 Å². The van der Waals surface area contributed by atoms with Gasteiger partial charge >= 0.3 is 0 Å². The van der Waals surface area contributed by atoms with Crippen LogP contribution >= 0.6 is 0 Å². The van der Waals surface area contributed by atoms with E-state index in [-0.39, 0.29) is 5.84 Å². The molecule has 1 aromatic carbocycles. The van der Waals surface area contributed by atoms with E-state index in [0.29, 0.717) is 6.04 Å². The molecule has 3 nitrogen and oxygen atoms in total. The Labute approximate surface area is 116 Å². The first-order chi connectivity index (χ1) is 9.00. The summed E-state index contributed by atoms with van der Waals surface area (Å²) in [5.41, 5.74) is 8.74. The van der Waals surface area contributed by atoms with Crippen molar-refractivity contribution in [2.45, 2.75) is 45.6 Å². The quantitative estimate of drug-likeness (QED) is 0.646. The summed E-state index contributed by atoms with van der Waals surface area (Å²) in [6, 6.07) is 6.84. The molecule has 3 heteroatoms. The Kier molecular flexibility index (Phi) is 4.13. The number of amidine groups is 1. The third-order valence-electron chi connectivity index (χ3n) is 4.47. The number of hydrogen-bond donors (Lipinski definition) is 2. The summed E-state index contributed by atoms with van der Waals surface area (Å²) < 4.78 is 0. The minimum Gasteiger partial charge on any atom is -0.384 e. The first-order valence-corrected chi connectivity index (χ1v) is 7.18. The van der Waals surface area contributed by atoms with Gasteiger partial charge in [0, 0.05) is 24.3 Å². The molecule has 0 spiro atoms. The molecular weight excluding hydrogens is 234 g/mol. The standard InChI is InChI=1S/C16H25N3/c1-11-6-4-5-7-15(11)19(3)13-8-9-14(16(17)18)12(2)10-13/h8-11,15H,4-7H2,1-3H3,(H3,17,18). The fourth-order valence-corrected chi connectivity index (χ4v) is 3.23. The molecule has 104 valence electrons. The van der Waals surface area contributed by atoms with Crippen molar-refractivity contribution in [2.75, 3.05) is 11.9 Å². The minimum absolute atomic E-state index is 0.151. The summed E-state index contributed by atoms with van der Waals surface area (Å²) in [6.45, 7) is 4.38. The van der Waals surface area contributed by atoms with Gasteiger partial charge in [-0.05, 0) is 49.4 Å². The van der Waals surface area contributed by atoms with E-state index in [2.05, 4.69) is 31.0 Å². The second kappa shape index (κ2) is 5.64. The maximum atomic E-state index is 7.55. The lowest BCUT2D eigenvalue weighted by molar-refractivity contribution is 0.321. The van der Waals surface area contributed by atoms with Crippen molar-refractivity contribution in [3.8, 4) is 0 Å². The Morgan fingerprint density at radius 3 is 2.58 bits per heavy atom. The van der Waals surface area contributed by atoms with E-state index in [1.165, 1.54) is 31.4 Å². The molecule has 0 heterocycles. The lowest BCUT2D eigenvalue weighted by atomic mass is 9.85. The number of hydrogen-bond acceptors (Lipinski definition) is 2. The minimum atomic E-state index is 0.151. The molecule has 0 bridgehead atoms. The van der Waals surface area contributed by atoms with Crippen LogP contribution in [-0.2, 0) is 0 Å². The fourth-order valence-electron chi connectivity index (χ4n) is 3.23. The van der Waals surface area contributed by atoms with Gasteiger partial charge in [0.15, 0.2) is 0 Å². The summed E-state index contributed by atoms with van der Waals surface area (Å²) in [7, 11) is 2.19. The van der Waals surface area contributed by atoms with Crippen molar-refractivity contribution in [2.24, 2.45) is 11.7 Å². The third-order valence-corrected chi connectivity index (χ3v) is 4.47. The van der Waals surface area contributed by atoms with Crippen LogP contribution in [-0.4, -0.2) is 18.9 Å². The van der Waals surface area contributed by atoms with Gasteiger partial charge in [-0.2, -0.15) is 0 Å². The van der Waals surface area contributed by atoms with Crippen LogP contribution in [0, 0.1) is 18.3 Å². The van der Waals surface area contributed by atoms with Gasteiger partial charge in [-0.3, -0.25) is 5.41 Å². The number of anilines is 1. The van der Waals surface area contributed by atoms with Gasteiger partial charge in [0.1, 0.15) is 5.84 Å². The SMILES string of the molecule is Cc1cc(N(C)C2CCCCC2C)ccc1C(=N)N.